The van der Waals surface area contributed by atoms with E-state index in [1.165, 1.54) is 0 Å². The van der Waals surface area contributed by atoms with Crippen molar-refractivity contribution in [1.82, 2.24) is 10.2 Å². The number of ether oxygens (including phenoxy) is 1. The number of hydrogen-bond donors (Lipinski definition) is 1. The van der Waals surface area contributed by atoms with Crippen LogP contribution in [0.1, 0.15) is 45.3 Å². The van der Waals surface area contributed by atoms with Gasteiger partial charge in [-0.15, -0.1) is 24.0 Å². The van der Waals surface area contributed by atoms with Crippen LogP contribution in [-0.2, 0) is 16.0 Å². The Hall–Kier alpha value is -1.25. The Morgan fingerprint density at radius 2 is 2.15 bits per heavy atom. The second-order valence-corrected chi connectivity index (χ2v) is 6.33. The molecule has 6 nitrogen and oxygen atoms in total. The number of carbonyl (C=O) groups excluding carboxylic acids is 1. The van der Waals surface area contributed by atoms with Crippen molar-refractivity contribution in [3.63, 3.8) is 0 Å². The lowest BCUT2D eigenvalue weighted by Gasteiger charge is -2.33. The van der Waals surface area contributed by atoms with Gasteiger partial charge in [-0.2, -0.15) is 0 Å². The van der Waals surface area contributed by atoms with Gasteiger partial charge in [-0.25, -0.2) is 0 Å². The summed E-state index contributed by atoms with van der Waals surface area (Å²) in [5, 5.41) is 3.46. The van der Waals surface area contributed by atoms with Crippen molar-refractivity contribution in [2.45, 2.75) is 46.0 Å². The number of aliphatic imine (C=N–C) groups is 1. The normalized spacial score (nSPS) is 15.5. The van der Waals surface area contributed by atoms with Gasteiger partial charge in [-0.3, -0.25) is 9.79 Å². The molecule has 1 aliphatic rings. The predicted octanol–water partition coefficient (Wildman–Crippen LogP) is 3.46. The second kappa shape index (κ2) is 13.0. The highest BCUT2D eigenvalue weighted by molar-refractivity contribution is 14.0. The number of furan rings is 1. The van der Waals surface area contributed by atoms with Crippen LogP contribution in [0, 0.1) is 5.92 Å². The lowest BCUT2D eigenvalue weighted by atomic mass is 9.97. The molecule has 1 fully saturated rings. The van der Waals surface area contributed by atoms with Crippen molar-refractivity contribution in [2.24, 2.45) is 10.9 Å². The number of halogens is 1. The first-order valence-corrected chi connectivity index (χ1v) is 9.46. The minimum Gasteiger partial charge on any atom is -0.469 e. The van der Waals surface area contributed by atoms with E-state index in [4.69, 9.17) is 14.1 Å². The van der Waals surface area contributed by atoms with Crippen molar-refractivity contribution >= 4 is 35.9 Å². The van der Waals surface area contributed by atoms with Crippen LogP contribution in [0.3, 0.4) is 0 Å². The average molecular weight is 477 g/mol. The summed E-state index contributed by atoms with van der Waals surface area (Å²) in [6, 6.07) is 3.89. The molecule has 0 spiro atoms. The zero-order valence-electron chi connectivity index (χ0n) is 15.9. The number of esters is 1. The van der Waals surface area contributed by atoms with Crippen LogP contribution < -0.4 is 5.32 Å². The van der Waals surface area contributed by atoms with E-state index in [1.807, 2.05) is 19.1 Å². The molecule has 1 N–H and O–H groups in total. The number of unbranched alkanes of at least 4 members (excludes halogenated alkanes) is 1. The molecule has 1 aromatic rings. The molecule has 0 aromatic carbocycles. The average Bonchev–Trinajstić information content (AvgIpc) is 3.14. The zero-order valence-corrected chi connectivity index (χ0v) is 18.2. The number of nitrogens with zero attached hydrogens (tertiary/aromatic N) is 2. The minimum absolute atomic E-state index is 0. The monoisotopic (exact) mass is 477 g/mol. The van der Waals surface area contributed by atoms with Crippen molar-refractivity contribution in [3.8, 4) is 0 Å². The third kappa shape index (κ3) is 7.55. The van der Waals surface area contributed by atoms with E-state index in [9.17, 15) is 4.79 Å². The maximum atomic E-state index is 11.9. The molecule has 1 saturated heterocycles. The van der Waals surface area contributed by atoms with E-state index in [-0.39, 0.29) is 35.9 Å². The molecule has 2 heterocycles. The number of guanidine groups is 1. The molecule has 0 amide bonds. The maximum Gasteiger partial charge on any atom is 0.309 e. The Morgan fingerprint density at radius 3 is 2.77 bits per heavy atom. The minimum atomic E-state index is -0.0580. The van der Waals surface area contributed by atoms with Gasteiger partial charge in [-0.1, -0.05) is 13.3 Å². The standard InChI is InChI=1S/C19H31N3O3.HI/c1-3-5-11-20-19(21-12-8-17-7-6-15-25-17)22-13-9-16(10-14-22)18(23)24-4-2;/h6-7,15-16H,3-5,8-14H2,1-2H3,(H,20,21);1H. The lowest BCUT2D eigenvalue weighted by molar-refractivity contribution is -0.149. The van der Waals surface area contributed by atoms with Crippen molar-refractivity contribution < 1.29 is 13.9 Å². The molecule has 0 radical (unpaired) electrons. The molecule has 0 unspecified atom stereocenters. The Balaban J connectivity index is 0.00000338. The fraction of sp³-hybridized carbons (Fsp3) is 0.684. The third-order valence-corrected chi connectivity index (χ3v) is 4.42. The first-order valence-electron chi connectivity index (χ1n) is 9.46. The highest BCUT2D eigenvalue weighted by Gasteiger charge is 2.27. The van der Waals surface area contributed by atoms with Gasteiger partial charge in [-0.05, 0) is 38.3 Å². The lowest BCUT2D eigenvalue weighted by Crippen LogP contribution is -2.47. The summed E-state index contributed by atoms with van der Waals surface area (Å²) in [7, 11) is 0. The molecule has 0 saturated carbocycles. The quantitative estimate of drug-likeness (QED) is 0.204. The molecule has 1 aliphatic heterocycles. The van der Waals surface area contributed by atoms with E-state index in [0.717, 1.165) is 70.0 Å². The predicted molar refractivity (Wildman–Crippen MR) is 114 cm³/mol. The topological polar surface area (TPSA) is 67.1 Å². The number of nitrogens with one attached hydrogen (secondary N) is 1. The van der Waals surface area contributed by atoms with E-state index in [0.29, 0.717) is 6.61 Å². The Kier molecular flexibility index (Phi) is 11.4. The van der Waals surface area contributed by atoms with Gasteiger partial charge in [0, 0.05) is 32.6 Å². The molecule has 0 aliphatic carbocycles. The molecular weight excluding hydrogens is 445 g/mol. The maximum absolute atomic E-state index is 11.9. The van der Waals surface area contributed by atoms with Crippen LogP contribution >= 0.6 is 24.0 Å². The SMILES string of the molecule is CCCCN=C(NCCc1ccco1)N1CCC(C(=O)OCC)CC1.I. The number of carbonyl (C=O) groups is 1. The Morgan fingerprint density at radius 1 is 1.38 bits per heavy atom. The summed E-state index contributed by atoms with van der Waals surface area (Å²) in [5.74, 6) is 1.89. The van der Waals surface area contributed by atoms with E-state index >= 15 is 0 Å². The van der Waals surface area contributed by atoms with Gasteiger partial charge < -0.3 is 19.4 Å². The van der Waals surface area contributed by atoms with Gasteiger partial charge in [0.1, 0.15) is 5.76 Å². The van der Waals surface area contributed by atoms with Gasteiger partial charge in [0.25, 0.3) is 0 Å². The van der Waals surface area contributed by atoms with Crippen molar-refractivity contribution in [1.29, 1.82) is 0 Å². The summed E-state index contributed by atoms with van der Waals surface area (Å²) >= 11 is 0. The summed E-state index contributed by atoms with van der Waals surface area (Å²) in [5.41, 5.74) is 0. The highest BCUT2D eigenvalue weighted by Crippen LogP contribution is 2.18. The molecule has 2 rings (SSSR count). The van der Waals surface area contributed by atoms with Crippen LogP contribution in [0.25, 0.3) is 0 Å². The fourth-order valence-electron chi connectivity index (χ4n) is 2.95. The Bertz CT molecular complexity index is 526. The largest absolute Gasteiger partial charge is 0.469 e. The number of hydrogen-bond acceptors (Lipinski definition) is 4. The zero-order chi connectivity index (χ0) is 17.9. The summed E-state index contributed by atoms with van der Waals surface area (Å²) < 4.78 is 10.5. The number of likely N-dealkylation sites (tertiary alicyclic amines) is 1. The van der Waals surface area contributed by atoms with Crippen molar-refractivity contribution in [2.75, 3.05) is 32.8 Å². The highest BCUT2D eigenvalue weighted by atomic mass is 127. The van der Waals surface area contributed by atoms with Gasteiger partial charge >= 0.3 is 5.97 Å². The first-order chi connectivity index (χ1) is 12.2. The molecule has 148 valence electrons. The molecule has 0 atom stereocenters. The number of rotatable bonds is 8. The molecule has 1 aromatic heterocycles. The first kappa shape index (κ1) is 22.8. The molecular formula is C19H32IN3O3. The smallest absolute Gasteiger partial charge is 0.309 e. The second-order valence-electron chi connectivity index (χ2n) is 6.33. The summed E-state index contributed by atoms with van der Waals surface area (Å²) in [6.07, 6.45) is 6.40. The third-order valence-electron chi connectivity index (χ3n) is 4.42. The number of piperidine rings is 1. The van der Waals surface area contributed by atoms with E-state index in [2.05, 4.69) is 17.1 Å². The van der Waals surface area contributed by atoms with Crippen LogP contribution in [-0.4, -0.2) is 49.6 Å². The van der Waals surface area contributed by atoms with Gasteiger partial charge in [0.2, 0.25) is 0 Å². The van der Waals surface area contributed by atoms with Crippen LogP contribution in [0.4, 0.5) is 0 Å². The molecule has 0 bridgehead atoms. The van der Waals surface area contributed by atoms with Gasteiger partial charge in [0.05, 0.1) is 18.8 Å². The molecule has 7 heteroatoms. The van der Waals surface area contributed by atoms with E-state index in [1.54, 1.807) is 6.26 Å². The van der Waals surface area contributed by atoms with Crippen LogP contribution in [0.15, 0.2) is 27.8 Å². The van der Waals surface area contributed by atoms with Crippen molar-refractivity contribution in [3.05, 3.63) is 24.2 Å². The Labute approximate surface area is 173 Å². The van der Waals surface area contributed by atoms with Crippen LogP contribution in [0.5, 0.6) is 0 Å². The van der Waals surface area contributed by atoms with Crippen LogP contribution in [0.2, 0.25) is 0 Å². The molecule has 26 heavy (non-hydrogen) atoms. The van der Waals surface area contributed by atoms with E-state index < -0.39 is 0 Å². The fourth-order valence-corrected chi connectivity index (χ4v) is 2.95. The van der Waals surface area contributed by atoms with Gasteiger partial charge in [0.15, 0.2) is 5.96 Å². The summed E-state index contributed by atoms with van der Waals surface area (Å²) in [6.45, 7) is 7.77. The summed E-state index contributed by atoms with van der Waals surface area (Å²) in [4.78, 5) is 18.9.